The van der Waals surface area contributed by atoms with Gasteiger partial charge in [-0.3, -0.25) is 14.4 Å². The van der Waals surface area contributed by atoms with E-state index in [9.17, 15) is 19.2 Å². The summed E-state index contributed by atoms with van der Waals surface area (Å²) in [5.74, 6) is -1.63. The fourth-order valence-electron chi connectivity index (χ4n) is 3.25. The van der Waals surface area contributed by atoms with Gasteiger partial charge in [-0.25, -0.2) is 4.79 Å². The third-order valence-corrected chi connectivity index (χ3v) is 5.13. The van der Waals surface area contributed by atoms with Gasteiger partial charge in [0.1, 0.15) is 0 Å². The number of nitrogens with one attached hydrogen (secondary N) is 2. The number of aryl methyl sites for hydroxylation is 1. The maximum Gasteiger partial charge on any atom is 0.338 e. The second-order valence-corrected chi connectivity index (χ2v) is 7.35. The van der Waals surface area contributed by atoms with Gasteiger partial charge in [0, 0.05) is 24.3 Å². The molecule has 0 aromatic heterocycles. The number of anilines is 2. The standard InChI is InChI=1S/C23H25N3O5/c1-15-6-3-9-19(16(15)2)25-20(27)13-24-21(28)14-31-23(30)17-7-4-8-18(12-17)26-11-5-10-22(26)29/h3-4,6-9,12H,5,10-11,13-14H2,1-2H3,(H,24,28)(H,25,27). The molecule has 3 rings (SSSR count). The molecule has 8 heteroatoms. The highest BCUT2D eigenvalue weighted by atomic mass is 16.5. The molecule has 0 aliphatic carbocycles. The first-order valence-corrected chi connectivity index (χ1v) is 10.1. The number of hydrogen-bond donors (Lipinski definition) is 2. The molecule has 1 heterocycles. The van der Waals surface area contributed by atoms with Crippen molar-refractivity contribution in [2.45, 2.75) is 26.7 Å². The van der Waals surface area contributed by atoms with Gasteiger partial charge in [0.2, 0.25) is 11.8 Å². The molecular formula is C23H25N3O5. The number of hydrogen-bond acceptors (Lipinski definition) is 5. The molecule has 1 fully saturated rings. The van der Waals surface area contributed by atoms with E-state index in [1.165, 1.54) is 0 Å². The topological polar surface area (TPSA) is 105 Å². The monoisotopic (exact) mass is 423 g/mol. The molecule has 0 radical (unpaired) electrons. The van der Waals surface area contributed by atoms with Gasteiger partial charge in [-0.15, -0.1) is 0 Å². The van der Waals surface area contributed by atoms with Crippen molar-refractivity contribution in [2.75, 3.05) is 29.9 Å². The third kappa shape index (κ3) is 5.69. The summed E-state index contributed by atoms with van der Waals surface area (Å²) in [6, 6.07) is 12.1. The van der Waals surface area contributed by atoms with Crippen LogP contribution in [0.15, 0.2) is 42.5 Å². The lowest BCUT2D eigenvalue weighted by Gasteiger charge is -2.16. The summed E-state index contributed by atoms with van der Waals surface area (Å²) in [7, 11) is 0. The van der Waals surface area contributed by atoms with E-state index < -0.39 is 18.5 Å². The van der Waals surface area contributed by atoms with E-state index in [4.69, 9.17) is 4.74 Å². The molecule has 2 aromatic carbocycles. The van der Waals surface area contributed by atoms with E-state index in [-0.39, 0.29) is 23.9 Å². The second kappa shape index (κ2) is 9.88. The van der Waals surface area contributed by atoms with Crippen LogP contribution in [0, 0.1) is 13.8 Å². The van der Waals surface area contributed by atoms with Crippen LogP contribution in [0.5, 0.6) is 0 Å². The van der Waals surface area contributed by atoms with Crippen molar-refractivity contribution in [1.29, 1.82) is 0 Å². The van der Waals surface area contributed by atoms with E-state index in [0.29, 0.717) is 24.3 Å². The highest BCUT2D eigenvalue weighted by molar-refractivity contribution is 5.98. The van der Waals surface area contributed by atoms with Gasteiger partial charge in [-0.2, -0.15) is 0 Å². The molecule has 0 unspecified atom stereocenters. The molecule has 3 amide bonds. The van der Waals surface area contributed by atoms with Gasteiger partial charge in [0.05, 0.1) is 12.1 Å². The van der Waals surface area contributed by atoms with Crippen molar-refractivity contribution >= 4 is 35.1 Å². The molecule has 0 bridgehead atoms. The summed E-state index contributed by atoms with van der Waals surface area (Å²) in [4.78, 5) is 49.8. The molecule has 0 spiro atoms. The van der Waals surface area contributed by atoms with E-state index >= 15 is 0 Å². The number of nitrogens with zero attached hydrogens (tertiary/aromatic N) is 1. The molecule has 2 aromatic rings. The summed E-state index contributed by atoms with van der Waals surface area (Å²) in [6.07, 6.45) is 1.27. The zero-order chi connectivity index (χ0) is 22.4. The zero-order valence-corrected chi connectivity index (χ0v) is 17.6. The first-order chi connectivity index (χ1) is 14.8. The van der Waals surface area contributed by atoms with Crippen LogP contribution in [0.4, 0.5) is 11.4 Å². The van der Waals surface area contributed by atoms with Gasteiger partial charge < -0.3 is 20.3 Å². The van der Waals surface area contributed by atoms with E-state index in [1.807, 2.05) is 26.0 Å². The second-order valence-electron chi connectivity index (χ2n) is 7.35. The number of amides is 3. The number of rotatable bonds is 7. The minimum absolute atomic E-state index is 0.0176. The molecule has 31 heavy (non-hydrogen) atoms. The molecule has 0 atom stereocenters. The number of esters is 1. The minimum Gasteiger partial charge on any atom is -0.452 e. The molecule has 1 saturated heterocycles. The first-order valence-electron chi connectivity index (χ1n) is 10.1. The molecule has 8 nitrogen and oxygen atoms in total. The number of carbonyl (C=O) groups excluding carboxylic acids is 4. The fraction of sp³-hybridized carbons (Fsp3) is 0.304. The molecule has 1 aliphatic heterocycles. The Morgan fingerprint density at radius 2 is 1.84 bits per heavy atom. The first kappa shape index (κ1) is 22.0. The number of ether oxygens (including phenoxy) is 1. The Bertz CT molecular complexity index is 1020. The summed E-state index contributed by atoms with van der Waals surface area (Å²) in [5, 5.41) is 5.16. The fourth-order valence-corrected chi connectivity index (χ4v) is 3.25. The summed E-state index contributed by atoms with van der Waals surface area (Å²) < 4.78 is 5.03. The van der Waals surface area contributed by atoms with Crippen LogP contribution in [0.1, 0.15) is 34.3 Å². The van der Waals surface area contributed by atoms with Crippen molar-refractivity contribution in [3.63, 3.8) is 0 Å². The summed E-state index contributed by atoms with van der Waals surface area (Å²) >= 11 is 0. The Hall–Kier alpha value is -3.68. The normalized spacial score (nSPS) is 13.1. The SMILES string of the molecule is Cc1cccc(NC(=O)CNC(=O)COC(=O)c2cccc(N3CCCC3=O)c2)c1C. The van der Waals surface area contributed by atoms with E-state index in [0.717, 1.165) is 17.5 Å². The highest BCUT2D eigenvalue weighted by Crippen LogP contribution is 2.22. The Balaban J connectivity index is 1.46. The van der Waals surface area contributed by atoms with Crippen LogP contribution < -0.4 is 15.5 Å². The van der Waals surface area contributed by atoms with E-state index in [1.54, 1.807) is 35.2 Å². The van der Waals surface area contributed by atoms with Crippen LogP contribution in [0.2, 0.25) is 0 Å². The van der Waals surface area contributed by atoms with Gasteiger partial charge in [0.25, 0.3) is 5.91 Å². The Morgan fingerprint density at radius 3 is 2.58 bits per heavy atom. The summed E-state index contributed by atoms with van der Waals surface area (Å²) in [6.45, 7) is 3.71. The maximum absolute atomic E-state index is 12.3. The van der Waals surface area contributed by atoms with E-state index in [2.05, 4.69) is 10.6 Å². The predicted molar refractivity (Wildman–Crippen MR) is 116 cm³/mol. The van der Waals surface area contributed by atoms with Crippen molar-refractivity contribution in [2.24, 2.45) is 0 Å². The molecular weight excluding hydrogens is 398 g/mol. The third-order valence-electron chi connectivity index (χ3n) is 5.13. The van der Waals surface area contributed by atoms with Gasteiger partial charge in [-0.1, -0.05) is 18.2 Å². The zero-order valence-electron chi connectivity index (χ0n) is 17.6. The predicted octanol–water partition coefficient (Wildman–Crippen LogP) is 2.34. The van der Waals surface area contributed by atoms with Crippen molar-refractivity contribution in [1.82, 2.24) is 5.32 Å². The van der Waals surface area contributed by atoms with Crippen LogP contribution in [-0.4, -0.2) is 43.4 Å². The summed E-state index contributed by atoms with van der Waals surface area (Å²) in [5.41, 5.74) is 3.56. The molecule has 2 N–H and O–H groups in total. The van der Waals surface area contributed by atoms with Crippen LogP contribution in [-0.2, 0) is 19.1 Å². The van der Waals surface area contributed by atoms with Crippen LogP contribution in [0.3, 0.4) is 0 Å². The lowest BCUT2D eigenvalue weighted by molar-refractivity contribution is -0.126. The maximum atomic E-state index is 12.3. The molecule has 1 aliphatic rings. The number of benzene rings is 2. The highest BCUT2D eigenvalue weighted by Gasteiger charge is 2.22. The average molecular weight is 423 g/mol. The van der Waals surface area contributed by atoms with Crippen LogP contribution in [0.25, 0.3) is 0 Å². The van der Waals surface area contributed by atoms with Crippen molar-refractivity contribution < 1.29 is 23.9 Å². The van der Waals surface area contributed by atoms with Gasteiger partial charge >= 0.3 is 5.97 Å². The Kier molecular flexibility index (Phi) is 7.02. The van der Waals surface area contributed by atoms with Crippen molar-refractivity contribution in [3.05, 3.63) is 59.2 Å². The van der Waals surface area contributed by atoms with Gasteiger partial charge in [0.15, 0.2) is 6.61 Å². The average Bonchev–Trinajstić information content (AvgIpc) is 3.19. The smallest absolute Gasteiger partial charge is 0.338 e. The Labute approximate surface area is 180 Å². The lowest BCUT2D eigenvalue weighted by Crippen LogP contribution is -2.35. The Morgan fingerprint density at radius 1 is 1.06 bits per heavy atom. The van der Waals surface area contributed by atoms with Gasteiger partial charge in [-0.05, 0) is 55.7 Å². The largest absolute Gasteiger partial charge is 0.452 e. The quantitative estimate of drug-likeness (QED) is 0.665. The molecule has 0 saturated carbocycles. The molecule has 162 valence electrons. The number of carbonyl (C=O) groups is 4. The lowest BCUT2D eigenvalue weighted by atomic mass is 10.1. The van der Waals surface area contributed by atoms with Crippen molar-refractivity contribution in [3.8, 4) is 0 Å². The van der Waals surface area contributed by atoms with Crippen LogP contribution >= 0.6 is 0 Å². The minimum atomic E-state index is -0.677.